The van der Waals surface area contributed by atoms with Gasteiger partial charge in [0, 0.05) is 18.1 Å². The number of fused-ring (bicyclic) bond motifs is 1. The van der Waals surface area contributed by atoms with E-state index in [0.29, 0.717) is 30.1 Å². The monoisotopic (exact) mass is 400 g/mol. The quantitative estimate of drug-likeness (QED) is 0.763. The minimum Gasteiger partial charge on any atom is -0.490 e. The minimum atomic E-state index is -0.576. The van der Waals surface area contributed by atoms with Crippen LogP contribution in [0.25, 0.3) is 10.9 Å². The number of carbonyl (C=O) groups excluding carboxylic acids is 2. The Balaban J connectivity index is 1.91. The van der Waals surface area contributed by atoms with Crippen molar-refractivity contribution in [3.63, 3.8) is 0 Å². The molecule has 4 N–H and O–H groups in total. The van der Waals surface area contributed by atoms with Crippen LogP contribution in [0.1, 0.15) is 44.0 Å². The highest BCUT2D eigenvalue weighted by Gasteiger charge is 2.27. The average Bonchev–Trinajstić information content (AvgIpc) is 2.67. The molecular weight excluding hydrogens is 372 g/mol. The van der Waals surface area contributed by atoms with Crippen LogP contribution in [0.15, 0.2) is 24.4 Å². The molecule has 0 aliphatic carbocycles. The summed E-state index contributed by atoms with van der Waals surface area (Å²) in [5.41, 5.74) is 12.1. The zero-order valence-corrected chi connectivity index (χ0v) is 17.1. The third-order valence-electron chi connectivity index (χ3n) is 4.80. The molecule has 8 nitrogen and oxygen atoms in total. The molecular formula is C21H28N4O4. The van der Waals surface area contributed by atoms with E-state index in [1.807, 2.05) is 13.8 Å². The van der Waals surface area contributed by atoms with E-state index >= 15 is 0 Å². The minimum absolute atomic E-state index is 0.0726. The van der Waals surface area contributed by atoms with E-state index in [0.717, 1.165) is 18.2 Å². The number of nitrogens with two attached hydrogens (primary N) is 2. The Morgan fingerprint density at radius 1 is 1.24 bits per heavy atom. The predicted octanol–water partition coefficient (Wildman–Crippen LogP) is 1.84. The van der Waals surface area contributed by atoms with Crippen molar-refractivity contribution in [2.75, 3.05) is 13.1 Å². The molecule has 1 saturated heterocycles. The standard InChI is InChI=1S/C21H28N4O4/c1-12(2)28-19-10-15-17(9-16(19)20(23)26)24-7-6-18(15)29-14-5-4-8-25(11-14)21(27)13(3)22/h6-7,9-10,12-14H,4-5,8,11,22H2,1-3H3,(H2,23,26)/t13-,14+/m0/s1. The van der Waals surface area contributed by atoms with Crippen molar-refractivity contribution in [1.29, 1.82) is 0 Å². The molecule has 1 aliphatic heterocycles. The van der Waals surface area contributed by atoms with E-state index in [-0.39, 0.29) is 23.7 Å². The maximum atomic E-state index is 12.2. The number of hydrogen-bond donors (Lipinski definition) is 2. The van der Waals surface area contributed by atoms with E-state index in [2.05, 4.69) is 4.98 Å². The first kappa shape index (κ1) is 20.9. The van der Waals surface area contributed by atoms with Gasteiger partial charge in [0.2, 0.25) is 5.91 Å². The summed E-state index contributed by atoms with van der Waals surface area (Å²) in [5.74, 6) is 0.375. The van der Waals surface area contributed by atoms with Gasteiger partial charge in [0.1, 0.15) is 17.6 Å². The van der Waals surface area contributed by atoms with Crippen LogP contribution in [-0.2, 0) is 4.79 Å². The van der Waals surface area contributed by atoms with Gasteiger partial charge in [-0.25, -0.2) is 0 Å². The maximum absolute atomic E-state index is 12.2. The molecule has 0 saturated carbocycles. The van der Waals surface area contributed by atoms with E-state index in [1.54, 1.807) is 36.2 Å². The highest BCUT2D eigenvalue weighted by molar-refractivity contribution is 6.01. The Bertz CT molecular complexity index is 913. The summed E-state index contributed by atoms with van der Waals surface area (Å²) in [5, 5.41) is 0.726. The van der Waals surface area contributed by atoms with Gasteiger partial charge in [-0.15, -0.1) is 0 Å². The summed E-state index contributed by atoms with van der Waals surface area (Å²) >= 11 is 0. The van der Waals surface area contributed by atoms with Crippen molar-refractivity contribution < 1.29 is 19.1 Å². The maximum Gasteiger partial charge on any atom is 0.252 e. The fraction of sp³-hybridized carbons (Fsp3) is 0.476. The lowest BCUT2D eigenvalue weighted by Gasteiger charge is -2.34. The molecule has 1 fully saturated rings. The SMILES string of the molecule is CC(C)Oc1cc2c(O[C@@H]3CCCN(C(=O)[C@H](C)N)C3)ccnc2cc1C(N)=O. The number of pyridine rings is 1. The lowest BCUT2D eigenvalue weighted by Crippen LogP contribution is -2.49. The molecule has 156 valence electrons. The summed E-state index contributed by atoms with van der Waals surface area (Å²) < 4.78 is 12.0. The van der Waals surface area contributed by atoms with Crippen molar-refractivity contribution >= 4 is 22.7 Å². The molecule has 2 aromatic rings. The van der Waals surface area contributed by atoms with Crippen LogP contribution in [-0.4, -0.2) is 53.0 Å². The zero-order valence-electron chi connectivity index (χ0n) is 17.1. The van der Waals surface area contributed by atoms with Gasteiger partial charge in [0.05, 0.1) is 29.8 Å². The number of carbonyl (C=O) groups is 2. The van der Waals surface area contributed by atoms with Gasteiger partial charge in [-0.3, -0.25) is 14.6 Å². The molecule has 2 atom stereocenters. The molecule has 1 aliphatic rings. The van der Waals surface area contributed by atoms with E-state index in [1.165, 1.54) is 0 Å². The average molecular weight is 400 g/mol. The van der Waals surface area contributed by atoms with Gasteiger partial charge < -0.3 is 25.8 Å². The normalized spacial score (nSPS) is 18.0. The Morgan fingerprint density at radius 2 is 2.00 bits per heavy atom. The van der Waals surface area contributed by atoms with Gasteiger partial charge in [-0.2, -0.15) is 0 Å². The van der Waals surface area contributed by atoms with Crippen LogP contribution in [0, 0.1) is 0 Å². The summed E-state index contributed by atoms with van der Waals surface area (Å²) in [6, 6.07) is 4.61. The fourth-order valence-electron chi connectivity index (χ4n) is 3.50. The van der Waals surface area contributed by atoms with Crippen LogP contribution in [0.3, 0.4) is 0 Å². The van der Waals surface area contributed by atoms with E-state index in [9.17, 15) is 9.59 Å². The fourth-order valence-corrected chi connectivity index (χ4v) is 3.50. The third-order valence-corrected chi connectivity index (χ3v) is 4.80. The number of benzene rings is 1. The molecule has 29 heavy (non-hydrogen) atoms. The Hall–Kier alpha value is -2.87. The topological polar surface area (TPSA) is 121 Å². The molecule has 2 amide bonds. The first-order valence-electron chi connectivity index (χ1n) is 9.86. The van der Waals surface area contributed by atoms with Crippen LogP contribution in [0.2, 0.25) is 0 Å². The largest absolute Gasteiger partial charge is 0.490 e. The zero-order chi connectivity index (χ0) is 21.1. The second kappa shape index (κ2) is 8.65. The number of amides is 2. The number of ether oxygens (including phenoxy) is 2. The molecule has 2 heterocycles. The van der Waals surface area contributed by atoms with Crippen molar-refractivity contribution in [3.05, 3.63) is 30.0 Å². The lowest BCUT2D eigenvalue weighted by atomic mass is 10.1. The van der Waals surface area contributed by atoms with E-state index < -0.39 is 11.9 Å². The van der Waals surface area contributed by atoms with E-state index in [4.69, 9.17) is 20.9 Å². The number of likely N-dealkylation sites (tertiary alicyclic amines) is 1. The first-order valence-corrected chi connectivity index (χ1v) is 9.86. The van der Waals surface area contributed by atoms with Gasteiger partial charge in [-0.1, -0.05) is 0 Å². The van der Waals surface area contributed by atoms with Gasteiger partial charge >= 0.3 is 0 Å². The molecule has 0 radical (unpaired) electrons. The highest BCUT2D eigenvalue weighted by atomic mass is 16.5. The molecule has 0 spiro atoms. The summed E-state index contributed by atoms with van der Waals surface area (Å²) in [6.45, 7) is 6.61. The number of hydrogen-bond acceptors (Lipinski definition) is 6. The van der Waals surface area contributed by atoms with Crippen molar-refractivity contribution in [1.82, 2.24) is 9.88 Å². The predicted molar refractivity (Wildman–Crippen MR) is 110 cm³/mol. The summed E-state index contributed by atoms with van der Waals surface area (Å²) in [7, 11) is 0. The number of aromatic nitrogens is 1. The Kier molecular flexibility index (Phi) is 6.22. The summed E-state index contributed by atoms with van der Waals surface area (Å²) in [6.07, 6.45) is 3.03. The van der Waals surface area contributed by atoms with Crippen molar-refractivity contribution in [2.24, 2.45) is 11.5 Å². The van der Waals surface area contributed by atoms with Crippen molar-refractivity contribution in [3.8, 4) is 11.5 Å². The second-order valence-corrected chi connectivity index (χ2v) is 7.66. The number of nitrogens with zero attached hydrogens (tertiary/aromatic N) is 2. The highest BCUT2D eigenvalue weighted by Crippen LogP contribution is 2.32. The van der Waals surface area contributed by atoms with Gasteiger partial charge in [0.25, 0.3) is 5.91 Å². The number of piperidine rings is 1. The van der Waals surface area contributed by atoms with Crippen LogP contribution < -0.4 is 20.9 Å². The lowest BCUT2D eigenvalue weighted by molar-refractivity contribution is -0.134. The molecule has 1 aromatic carbocycles. The third kappa shape index (κ3) is 4.76. The molecule has 8 heteroatoms. The van der Waals surface area contributed by atoms with Gasteiger partial charge in [0.15, 0.2) is 0 Å². The van der Waals surface area contributed by atoms with Crippen molar-refractivity contribution in [2.45, 2.75) is 51.9 Å². The van der Waals surface area contributed by atoms with Crippen LogP contribution >= 0.6 is 0 Å². The molecule has 0 unspecified atom stereocenters. The molecule has 1 aromatic heterocycles. The second-order valence-electron chi connectivity index (χ2n) is 7.66. The molecule has 3 rings (SSSR count). The number of rotatable bonds is 6. The van der Waals surface area contributed by atoms with Gasteiger partial charge in [-0.05, 0) is 51.8 Å². The Morgan fingerprint density at radius 3 is 2.66 bits per heavy atom. The first-order chi connectivity index (χ1) is 13.8. The summed E-state index contributed by atoms with van der Waals surface area (Å²) in [4.78, 5) is 30.2. The van der Waals surface area contributed by atoms with Crippen LogP contribution in [0.5, 0.6) is 11.5 Å². The van der Waals surface area contributed by atoms with Crippen LogP contribution in [0.4, 0.5) is 0 Å². The smallest absolute Gasteiger partial charge is 0.252 e. The number of primary amides is 1. The Labute approximate surface area is 170 Å². The molecule has 0 bridgehead atoms.